The molecule has 0 bridgehead atoms. The Labute approximate surface area is 97.6 Å². The Morgan fingerprint density at radius 3 is 2.00 bits per heavy atom. The van der Waals surface area contributed by atoms with Gasteiger partial charge in [-0.25, -0.2) is 0 Å². The summed E-state index contributed by atoms with van der Waals surface area (Å²) in [7, 11) is 0. The van der Waals surface area contributed by atoms with Gasteiger partial charge in [-0.1, -0.05) is 0 Å². The molecule has 1 atom stereocenters. The molecular formula is C6H13Te3. The van der Waals surface area contributed by atoms with Crippen molar-refractivity contribution in [2.45, 2.75) is 25.2 Å². The predicted octanol–water partition coefficient (Wildman–Crippen LogP) is 0.298. The monoisotopic (exact) mass is 475 g/mol. The molecule has 0 aromatic carbocycles. The molecule has 0 spiro atoms. The molecule has 0 aliphatic heterocycles. The van der Waals surface area contributed by atoms with Crippen molar-refractivity contribution in [2.24, 2.45) is 0 Å². The maximum atomic E-state index is 3.97. The van der Waals surface area contributed by atoms with Crippen LogP contribution in [0.15, 0.2) is 0 Å². The van der Waals surface area contributed by atoms with Crippen LogP contribution in [0.5, 0.6) is 0 Å². The molecule has 0 aliphatic rings. The molecule has 1 radical (unpaired) electrons. The van der Waals surface area contributed by atoms with E-state index in [9.17, 15) is 0 Å². The summed E-state index contributed by atoms with van der Waals surface area (Å²) in [5, 5.41) is 0. The third-order valence-electron chi connectivity index (χ3n) is 1.34. The van der Waals surface area contributed by atoms with Crippen LogP contribution in [0.2, 0.25) is 12.4 Å². The standard InChI is InChI=1S/C6H13Te3/c1-2-6(9,5-8)3-4-7/h7-9H,1-5H2. The van der Waals surface area contributed by atoms with Gasteiger partial charge in [0, 0.05) is 0 Å². The Balaban J connectivity index is 3.62. The van der Waals surface area contributed by atoms with Crippen LogP contribution >= 0.6 is 0 Å². The number of rotatable bonds is 4. The average Bonchev–Trinajstić information content (AvgIpc) is 1.89. The Morgan fingerprint density at radius 1 is 1.33 bits per heavy atom. The SMILES string of the molecule is [CH2]CC([TeH])(C[TeH])CC[TeH]. The molecule has 0 saturated heterocycles. The van der Waals surface area contributed by atoms with Crippen molar-refractivity contribution in [1.29, 1.82) is 0 Å². The Bertz CT molecular complexity index is 68.7. The Morgan fingerprint density at radius 2 is 1.89 bits per heavy atom. The topological polar surface area (TPSA) is 0 Å². The van der Waals surface area contributed by atoms with E-state index < -0.39 is 0 Å². The summed E-state index contributed by atoms with van der Waals surface area (Å²) in [5.74, 6) is 0. The molecular weight excluding hydrogens is 455 g/mol. The van der Waals surface area contributed by atoms with Crippen LogP contribution in [0.4, 0.5) is 0 Å². The third-order valence-corrected chi connectivity index (χ3v) is 7.64. The van der Waals surface area contributed by atoms with Gasteiger partial charge in [0.1, 0.15) is 0 Å². The van der Waals surface area contributed by atoms with Crippen LogP contribution in [0, 0.1) is 6.92 Å². The molecule has 0 rings (SSSR count). The van der Waals surface area contributed by atoms with Gasteiger partial charge in [-0.2, -0.15) is 0 Å². The van der Waals surface area contributed by atoms with Gasteiger partial charge < -0.3 is 0 Å². The van der Waals surface area contributed by atoms with E-state index in [0.29, 0.717) is 3.46 Å². The van der Waals surface area contributed by atoms with Crippen molar-refractivity contribution in [2.75, 3.05) is 0 Å². The summed E-state index contributed by atoms with van der Waals surface area (Å²) in [5.41, 5.74) is 0. The molecule has 9 heavy (non-hydrogen) atoms. The zero-order valence-electron chi connectivity index (χ0n) is 5.38. The normalized spacial score (nSPS) is 17.3. The second kappa shape index (κ2) is 5.95. The van der Waals surface area contributed by atoms with Gasteiger partial charge in [-0.3, -0.25) is 0 Å². The van der Waals surface area contributed by atoms with Crippen molar-refractivity contribution in [3.05, 3.63) is 6.92 Å². The van der Waals surface area contributed by atoms with Crippen LogP contribution in [0.3, 0.4) is 0 Å². The summed E-state index contributed by atoms with van der Waals surface area (Å²) < 4.78 is 3.32. The fraction of sp³-hybridized carbons (Fsp3) is 0.833. The Kier molecular flexibility index (Phi) is 7.51. The summed E-state index contributed by atoms with van der Waals surface area (Å²) in [6, 6.07) is 0. The zero-order valence-corrected chi connectivity index (χ0v) is 13.0. The number of hydrogen-bond acceptors (Lipinski definition) is 0. The van der Waals surface area contributed by atoms with Crippen LogP contribution < -0.4 is 0 Å². The van der Waals surface area contributed by atoms with Crippen molar-refractivity contribution in [3.63, 3.8) is 0 Å². The van der Waals surface area contributed by atoms with Crippen molar-refractivity contribution < 1.29 is 0 Å². The summed E-state index contributed by atoms with van der Waals surface area (Å²) in [4.78, 5) is 0. The van der Waals surface area contributed by atoms with E-state index in [2.05, 4.69) is 6.92 Å². The van der Waals surface area contributed by atoms with Gasteiger partial charge in [0.15, 0.2) is 0 Å². The van der Waals surface area contributed by atoms with Crippen LogP contribution in [0.1, 0.15) is 12.8 Å². The first kappa shape index (κ1) is 11.4. The molecule has 0 heterocycles. The molecule has 0 fully saturated rings. The molecule has 55 valence electrons. The van der Waals surface area contributed by atoms with Crippen LogP contribution in [-0.4, -0.2) is 66.9 Å². The molecule has 3 heteroatoms. The molecule has 0 aromatic rings. The van der Waals surface area contributed by atoms with Gasteiger partial charge in [0.2, 0.25) is 0 Å². The zero-order chi connectivity index (χ0) is 7.33. The number of hydrogen-bond donors (Lipinski definition) is 0. The molecule has 0 aromatic heterocycles. The first-order chi connectivity index (χ1) is 4.18. The third kappa shape index (κ3) is 4.75. The molecule has 0 aliphatic carbocycles. The molecule has 0 amide bonds. The van der Waals surface area contributed by atoms with E-state index in [1.807, 2.05) is 66.9 Å². The van der Waals surface area contributed by atoms with Gasteiger partial charge in [-0.15, -0.1) is 0 Å². The van der Waals surface area contributed by atoms with Gasteiger partial charge in [0.25, 0.3) is 0 Å². The van der Waals surface area contributed by atoms with E-state index in [-0.39, 0.29) is 0 Å². The average molecular weight is 468 g/mol. The first-order valence-electron chi connectivity index (χ1n) is 2.92. The van der Waals surface area contributed by atoms with E-state index in [4.69, 9.17) is 0 Å². The first-order valence-corrected chi connectivity index (χ1v) is 7.80. The van der Waals surface area contributed by atoms with Crippen LogP contribution in [-0.2, 0) is 0 Å². The van der Waals surface area contributed by atoms with Crippen molar-refractivity contribution in [3.8, 4) is 0 Å². The van der Waals surface area contributed by atoms with Gasteiger partial charge >= 0.3 is 99.1 Å². The summed E-state index contributed by atoms with van der Waals surface area (Å²) in [6.07, 6.45) is 2.51. The van der Waals surface area contributed by atoms with E-state index in [0.717, 1.165) is 6.42 Å². The molecule has 0 nitrogen and oxygen atoms in total. The van der Waals surface area contributed by atoms with Gasteiger partial charge in [-0.05, 0) is 0 Å². The quantitative estimate of drug-likeness (QED) is 0.522. The van der Waals surface area contributed by atoms with E-state index in [1.54, 1.807) is 0 Å². The van der Waals surface area contributed by atoms with E-state index >= 15 is 0 Å². The minimum absolute atomic E-state index is 0.607. The van der Waals surface area contributed by atoms with Crippen molar-refractivity contribution in [1.82, 2.24) is 0 Å². The maximum absolute atomic E-state index is 3.97. The molecule has 0 N–H and O–H groups in total. The second-order valence-electron chi connectivity index (χ2n) is 2.11. The summed E-state index contributed by atoms with van der Waals surface area (Å²) >= 11 is 5.85. The van der Waals surface area contributed by atoms with Gasteiger partial charge in [0.05, 0.1) is 0 Å². The fourth-order valence-corrected chi connectivity index (χ4v) is 4.50. The fourth-order valence-electron chi connectivity index (χ4n) is 0.491. The van der Waals surface area contributed by atoms with Crippen LogP contribution in [0.25, 0.3) is 0 Å². The summed E-state index contributed by atoms with van der Waals surface area (Å²) in [6.45, 7) is 3.97. The predicted molar refractivity (Wildman–Crippen MR) is 48.3 cm³/mol. The van der Waals surface area contributed by atoms with Crippen molar-refractivity contribution >= 4 is 66.9 Å². The minimum atomic E-state index is 0.607. The molecule has 1 unspecified atom stereocenters. The molecule has 0 saturated carbocycles. The second-order valence-corrected chi connectivity index (χ2v) is 6.99. The van der Waals surface area contributed by atoms with E-state index in [1.165, 1.54) is 15.4 Å². The Hall–Kier alpha value is 2.37.